The number of carbonyl (C=O) groups excluding carboxylic acids is 2. The lowest BCUT2D eigenvalue weighted by atomic mass is 10.3. The number of hydrogen-bond donors (Lipinski definition) is 1. The Morgan fingerprint density at radius 2 is 2.31 bits per heavy atom. The Bertz CT molecular complexity index is 314. The van der Waals surface area contributed by atoms with Crippen molar-refractivity contribution in [2.75, 3.05) is 20.2 Å². The molecule has 0 atom stereocenters. The van der Waals surface area contributed by atoms with Crippen LogP contribution < -0.4 is 5.32 Å². The average Bonchev–Trinajstić information content (AvgIpc) is 2.26. The molecule has 1 heterocycles. The molecule has 0 aromatic carbocycles. The Hall–Kier alpha value is -1.79. The van der Waals surface area contributed by atoms with Crippen LogP contribution >= 0.6 is 0 Å². The molecule has 0 spiro atoms. The highest BCUT2D eigenvalue weighted by Gasteiger charge is 2.29. The van der Waals surface area contributed by atoms with Gasteiger partial charge in [-0.1, -0.05) is 0 Å². The van der Waals surface area contributed by atoms with E-state index in [1.165, 1.54) is 7.05 Å². The van der Waals surface area contributed by atoms with Crippen LogP contribution in [-0.2, 0) is 14.4 Å². The zero-order valence-electron chi connectivity index (χ0n) is 9.52. The summed E-state index contributed by atoms with van der Waals surface area (Å²) in [7, 11) is 1.40. The summed E-state index contributed by atoms with van der Waals surface area (Å²) in [4.78, 5) is 28.5. The topological polar surface area (TPSA) is 80.2 Å². The second-order valence-corrected chi connectivity index (χ2v) is 3.47. The van der Waals surface area contributed by atoms with Gasteiger partial charge in [0.2, 0.25) is 0 Å². The highest BCUT2D eigenvalue weighted by Crippen LogP contribution is 2.06. The molecule has 0 unspecified atom stereocenters. The summed E-state index contributed by atoms with van der Waals surface area (Å²) >= 11 is 0. The number of ether oxygens (including phenoxy) is 1. The SMILES string of the molecule is CNC(=O)ON=C1OCCN(C(C)C)C1=O. The molecule has 0 aliphatic carbocycles. The minimum Gasteiger partial charge on any atom is -0.470 e. The van der Waals surface area contributed by atoms with Crippen molar-refractivity contribution in [1.29, 1.82) is 0 Å². The fourth-order valence-electron chi connectivity index (χ4n) is 1.21. The molecule has 1 rings (SSSR count). The second kappa shape index (κ2) is 5.34. The molecule has 1 aliphatic heterocycles. The predicted molar refractivity (Wildman–Crippen MR) is 55.8 cm³/mol. The van der Waals surface area contributed by atoms with Gasteiger partial charge in [-0.2, -0.15) is 0 Å². The molecule has 1 fully saturated rings. The van der Waals surface area contributed by atoms with Crippen LogP contribution in [0.5, 0.6) is 0 Å². The van der Waals surface area contributed by atoms with Gasteiger partial charge in [-0.3, -0.25) is 9.63 Å². The van der Waals surface area contributed by atoms with Gasteiger partial charge in [-0.15, -0.1) is 0 Å². The van der Waals surface area contributed by atoms with E-state index in [0.717, 1.165) is 0 Å². The van der Waals surface area contributed by atoms with Crippen molar-refractivity contribution in [3.63, 3.8) is 0 Å². The van der Waals surface area contributed by atoms with Crippen molar-refractivity contribution in [3.05, 3.63) is 0 Å². The van der Waals surface area contributed by atoms with E-state index in [4.69, 9.17) is 4.74 Å². The number of oxime groups is 1. The summed E-state index contributed by atoms with van der Waals surface area (Å²) < 4.78 is 5.02. The summed E-state index contributed by atoms with van der Waals surface area (Å²) in [5, 5.41) is 5.56. The standard InChI is InChI=1S/C9H15N3O4/c1-6(2)12-4-5-15-7(8(12)13)11-16-9(14)10-3/h6H,4-5H2,1-3H3,(H,10,14). The molecule has 1 N–H and O–H groups in total. The molecule has 0 saturated carbocycles. The van der Waals surface area contributed by atoms with Gasteiger partial charge >= 0.3 is 17.9 Å². The predicted octanol–water partition coefficient (Wildman–Crippen LogP) is -0.0769. The number of nitrogens with zero attached hydrogens (tertiary/aromatic N) is 2. The van der Waals surface area contributed by atoms with Crippen LogP contribution in [0.3, 0.4) is 0 Å². The molecule has 2 amide bonds. The summed E-state index contributed by atoms with van der Waals surface area (Å²) in [6.45, 7) is 4.64. The summed E-state index contributed by atoms with van der Waals surface area (Å²) in [5.41, 5.74) is 0. The van der Waals surface area contributed by atoms with Crippen molar-refractivity contribution in [2.45, 2.75) is 19.9 Å². The van der Waals surface area contributed by atoms with Crippen LogP contribution in [0.25, 0.3) is 0 Å². The summed E-state index contributed by atoms with van der Waals surface area (Å²) in [6, 6.07) is 0.0570. The van der Waals surface area contributed by atoms with Gasteiger partial charge in [-0.25, -0.2) is 4.79 Å². The molecule has 90 valence electrons. The third-order valence-electron chi connectivity index (χ3n) is 2.05. The minimum atomic E-state index is -0.745. The van der Waals surface area contributed by atoms with E-state index in [1.54, 1.807) is 4.90 Å². The molecule has 0 aromatic heterocycles. The van der Waals surface area contributed by atoms with Crippen LogP contribution in [0.4, 0.5) is 4.79 Å². The minimum absolute atomic E-state index is 0.0570. The highest BCUT2D eigenvalue weighted by molar-refractivity contribution is 6.35. The zero-order chi connectivity index (χ0) is 12.1. The van der Waals surface area contributed by atoms with Gasteiger partial charge < -0.3 is 15.0 Å². The Balaban J connectivity index is 2.66. The van der Waals surface area contributed by atoms with Gasteiger partial charge in [-0.05, 0) is 19.0 Å². The van der Waals surface area contributed by atoms with Crippen molar-refractivity contribution in [2.24, 2.45) is 5.16 Å². The van der Waals surface area contributed by atoms with Crippen molar-refractivity contribution < 1.29 is 19.2 Å². The Labute approximate surface area is 93.4 Å². The largest absolute Gasteiger partial charge is 0.470 e. The first-order valence-electron chi connectivity index (χ1n) is 4.96. The molecule has 0 radical (unpaired) electrons. The second-order valence-electron chi connectivity index (χ2n) is 3.47. The van der Waals surface area contributed by atoms with E-state index in [0.29, 0.717) is 13.2 Å². The molecular formula is C9H15N3O4. The van der Waals surface area contributed by atoms with Gasteiger partial charge in [0.15, 0.2) is 0 Å². The molecule has 7 nitrogen and oxygen atoms in total. The lowest BCUT2D eigenvalue weighted by Crippen LogP contribution is -2.48. The fourth-order valence-corrected chi connectivity index (χ4v) is 1.21. The molecule has 1 aliphatic rings. The van der Waals surface area contributed by atoms with Crippen LogP contribution in [0, 0.1) is 0 Å². The summed E-state index contributed by atoms with van der Waals surface area (Å²) in [6.07, 6.45) is -0.745. The quantitative estimate of drug-likeness (QED) is 0.530. The number of morpholine rings is 1. The molecule has 1 saturated heterocycles. The van der Waals surface area contributed by atoms with E-state index in [-0.39, 0.29) is 17.8 Å². The third kappa shape index (κ3) is 2.85. The third-order valence-corrected chi connectivity index (χ3v) is 2.05. The van der Waals surface area contributed by atoms with Crippen molar-refractivity contribution >= 4 is 17.9 Å². The number of hydrogen-bond acceptors (Lipinski definition) is 5. The molecule has 0 bridgehead atoms. The smallest absolute Gasteiger partial charge is 0.433 e. The van der Waals surface area contributed by atoms with Crippen LogP contribution in [0.1, 0.15) is 13.8 Å². The molecule has 7 heteroatoms. The lowest BCUT2D eigenvalue weighted by Gasteiger charge is -2.30. The number of amides is 2. The first kappa shape index (κ1) is 12.3. The number of rotatable bonds is 2. The number of nitrogens with one attached hydrogen (secondary N) is 1. The molecule has 16 heavy (non-hydrogen) atoms. The van der Waals surface area contributed by atoms with Crippen molar-refractivity contribution in [3.8, 4) is 0 Å². The van der Waals surface area contributed by atoms with E-state index >= 15 is 0 Å². The summed E-state index contributed by atoms with van der Waals surface area (Å²) in [5.74, 6) is -0.561. The van der Waals surface area contributed by atoms with Crippen LogP contribution in [-0.4, -0.2) is 49.0 Å². The first-order chi connectivity index (χ1) is 7.56. The maximum Gasteiger partial charge on any atom is 0.433 e. The average molecular weight is 229 g/mol. The van der Waals surface area contributed by atoms with E-state index in [9.17, 15) is 9.59 Å². The zero-order valence-corrected chi connectivity index (χ0v) is 9.52. The maximum absolute atomic E-state index is 11.7. The lowest BCUT2D eigenvalue weighted by molar-refractivity contribution is -0.130. The van der Waals surface area contributed by atoms with Crippen LogP contribution in [0.2, 0.25) is 0 Å². The Morgan fingerprint density at radius 1 is 1.62 bits per heavy atom. The molecule has 0 aromatic rings. The van der Waals surface area contributed by atoms with Crippen LogP contribution in [0.15, 0.2) is 5.16 Å². The normalized spacial score (nSPS) is 18.6. The Kier molecular flexibility index (Phi) is 4.10. The van der Waals surface area contributed by atoms with Gasteiger partial charge in [0.05, 0.1) is 6.54 Å². The monoisotopic (exact) mass is 229 g/mol. The fraction of sp³-hybridized carbons (Fsp3) is 0.667. The first-order valence-corrected chi connectivity index (χ1v) is 4.96. The maximum atomic E-state index is 11.7. The van der Waals surface area contributed by atoms with E-state index < -0.39 is 6.09 Å². The van der Waals surface area contributed by atoms with E-state index in [2.05, 4.69) is 15.3 Å². The molecular weight excluding hydrogens is 214 g/mol. The van der Waals surface area contributed by atoms with Gasteiger partial charge in [0.1, 0.15) is 6.61 Å². The van der Waals surface area contributed by atoms with Gasteiger partial charge in [0.25, 0.3) is 0 Å². The highest BCUT2D eigenvalue weighted by atomic mass is 16.7. The van der Waals surface area contributed by atoms with Gasteiger partial charge in [0, 0.05) is 13.1 Å². The van der Waals surface area contributed by atoms with E-state index in [1.807, 2.05) is 13.8 Å². The van der Waals surface area contributed by atoms with Crippen molar-refractivity contribution in [1.82, 2.24) is 10.2 Å². The number of carbonyl (C=O) groups is 2. The Morgan fingerprint density at radius 3 is 2.88 bits per heavy atom.